The third-order valence-corrected chi connectivity index (χ3v) is 4.07. The number of esters is 1. The van der Waals surface area contributed by atoms with Gasteiger partial charge >= 0.3 is 12.1 Å². The van der Waals surface area contributed by atoms with Gasteiger partial charge in [-0.2, -0.15) is 0 Å². The zero-order valence-electron chi connectivity index (χ0n) is 15.5. The average Bonchev–Trinajstić information content (AvgIpc) is 2.54. The summed E-state index contributed by atoms with van der Waals surface area (Å²) in [5, 5.41) is 0. The molecular weight excluding hydrogens is 320 g/mol. The number of hydrogen-bond acceptors (Lipinski definition) is 5. The molecule has 0 aromatic heterocycles. The molecule has 0 bridgehead atoms. The van der Waals surface area contributed by atoms with Crippen LogP contribution in [0.1, 0.15) is 32.8 Å². The van der Waals surface area contributed by atoms with Gasteiger partial charge in [0.25, 0.3) is 0 Å². The second-order valence-electron chi connectivity index (χ2n) is 7.33. The van der Waals surface area contributed by atoms with Crippen molar-refractivity contribution in [1.29, 1.82) is 0 Å². The number of piperazine rings is 1. The van der Waals surface area contributed by atoms with Crippen molar-refractivity contribution in [3.63, 3.8) is 0 Å². The Morgan fingerprint density at radius 2 is 1.84 bits per heavy atom. The number of ether oxygens (including phenoxy) is 2. The minimum atomic E-state index is -0.561. The van der Waals surface area contributed by atoms with Crippen LogP contribution in [0, 0.1) is 0 Å². The monoisotopic (exact) mass is 348 g/mol. The van der Waals surface area contributed by atoms with Gasteiger partial charge in [-0.15, -0.1) is 0 Å². The van der Waals surface area contributed by atoms with Gasteiger partial charge in [-0.05, 0) is 26.3 Å². The highest BCUT2D eigenvalue weighted by Crippen LogP contribution is 2.19. The van der Waals surface area contributed by atoms with Gasteiger partial charge in [0.05, 0.1) is 19.6 Å². The van der Waals surface area contributed by atoms with Gasteiger partial charge in [-0.1, -0.05) is 30.3 Å². The highest BCUT2D eigenvalue weighted by molar-refractivity contribution is 5.73. The molecule has 25 heavy (non-hydrogen) atoms. The maximum Gasteiger partial charge on any atom is 0.410 e. The lowest BCUT2D eigenvalue weighted by Crippen LogP contribution is -2.56. The Hall–Kier alpha value is -2.08. The van der Waals surface area contributed by atoms with Crippen LogP contribution in [0.4, 0.5) is 4.79 Å². The van der Waals surface area contributed by atoms with E-state index in [9.17, 15) is 9.59 Å². The van der Waals surface area contributed by atoms with Crippen LogP contribution in [0.3, 0.4) is 0 Å². The molecule has 1 atom stereocenters. The summed E-state index contributed by atoms with van der Waals surface area (Å²) in [4.78, 5) is 28.2. The highest BCUT2D eigenvalue weighted by atomic mass is 16.6. The molecule has 1 amide bonds. The summed E-state index contributed by atoms with van der Waals surface area (Å²) in [6, 6.07) is 9.92. The minimum absolute atomic E-state index is 0.168. The first-order valence-corrected chi connectivity index (χ1v) is 8.61. The van der Waals surface area contributed by atoms with Crippen LogP contribution < -0.4 is 0 Å². The Morgan fingerprint density at radius 3 is 2.44 bits per heavy atom. The fraction of sp³-hybridized carbons (Fsp3) is 0.579. The van der Waals surface area contributed by atoms with Gasteiger partial charge in [0.1, 0.15) is 5.60 Å². The molecule has 6 nitrogen and oxygen atoms in total. The number of amides is 1. The second-order valence-corrected chi connectivity index (χ2v) is 7.33. The van der Waals surface area contributed by atoms with Gasteiger partial charge < -0.3 is 14.4 Å². The van der Waals surface area contributed by atoms with Crippen molar-refractivity contribution >= 4 is 12.1 Å². The van der Waals surface area contributed by atoms with E-state index in [4.69, 9.17) is 9.47 Å². The minimum Gasteiger partial charge on any atom is -0.469 e. The van der Waals surface area contributed by atoms with Crippen molar-refractivity contribution in [3.05, 3.63) is 35.9 Å². The molecule has 1 aliphatic heterocycles. The first-order valence-electron chi connectivity index (χ1n) is 8.61. The number of methoxy groups -OCH3 is 1. The van der Waals surface area contributed by atoms with E-state index < -0.39 is 5.60 Å². The van der Waals surface area contributed by atoms with Crippen LogP contribution >= 0.6 is 0 Å². The maximum atomic E-state index is 12.5. The number of carbonyl (C=O) groups excluding carboxylic acids is 2. The normalized spacial score (nSPS) is 18.7. The van der Waals surface area contributed by atoms with E-state index in [-0.39, 0.29) is 24.5 Å². The molecule has 1 saturated heterocycles. The summed E-state index contributed by atoms with van der Waals surface area (Å²) in [6.07, 6.45) is -0.207. The van der Waals surface area contributed by atoms with Gasteiger partial charge in [0, 0.05) is 26.2 Å². The molecule has 1 fully saturated rings. The van der Waals surface area contributed by atoms with Crippen LogP contribution in [0.2, 0.25) is 0 Å². The maximum absolute atomic E-state index is 12.5. The molecule has 1 aromatic rings. The lowest BCUT2D eigenvalue weighted by atomic mass is 10.1. The number of hydrogen-bond donors (Lipinski definition) is 0. The second kappa shape index (κ2) is 8.34. The number of rotatable bonds is 4. The molecule has 0 saturated carbocycles. The Morgan fingerprint density at radius 1 is 1.16 bits per heavy atom. The van der Waals surface area contributed by atoms with E-state index in [1.807, 2.05) is 39.0 Å². The SMILES string of the molecule is COC(=O)CC1CN(Cc2ccccc2)CCN1C(=O)OC(C)(C)C. The molecular formula is C19H28N2O4. The first-order chi connectivity index (χ1) is 11.8. The molecule has 6 heteroatoms. The lowest BCUT2D eigenvalue weighted by Gasteiger charge is -2.41. The van der Waals surface area contributed by atoms with Crippen LogP contribution in [-0.2, 0) is 20.8 Å². The third kappa shape index (κ3) is 6.05. The average molecular weight is 348 g/mol. The van der Waals surface area contributed by atoms with Gasteiger partial charge in [-0.25, -0.2) is 4.79 Å². The molecule has 0 N–H and O–H groups in total. The topological polar surface area (TPSA) is 59.1 Å². The molecule has 1 unspecified atom stereocenters. The molecule has 1 aliphatic rings. The van der Waals surface area contributed by atoms with Gasteiger partial charge in [0.2, 0.25) is 0 Å². The standard InChI is InChI=1S/C19H28N2O4/c1-19(2,3)25-18(23)21-11-10-20(13-15-8-6-5-7-9-15)14-16(21)12-17(22)24-4/h5-9,16H,10-14H2,1-4H3. The predicted molar refractivity (Wildman–Crippen MR) is 95.1 cm³/mol. The van der Waals surface area contributed by atoms with Crippen molar-refractivity contribution in [2.45, 2.75) is 45.4 Å². The van der Waals surface area contributed by atoms with Crippen molar-refractivity contribution in [1.82, 2.24) is 9.80 Å². The Kier molecular flexibility index (Phi) is 6.42. The smallest absolute Gasteiger partial charge is 0.410 e. The quantitative estimate of drug-likeness (QED) is 0.783. The number of benzene rings is 1. The van der Waals surface area contributed by atoms with Crippen LogP contribution in [0.5, 0.6) is 0 Å². The van der Waals surface area contributed by atoms with Crippen LogP contribution in [0.15, 0.2) is 30.3 Å². The first kappa shape index (κ1) is 19.2. The van der Waals surface area contributed by atoms with Crippen molar-refractivity contribution in [2.75, 3.05) is 26.7 Å². The Balaban J connectivity index is 2.05. The van der Waals surface area contributed by atoms with E-state index >= 15 is 0 Å². The molecule has 2 rings (SSSR count). The van der Waals surface area contributed by atoms with Crippen molar-refractivity contribution in [3.8, 4) is 0 Å². The summed E-state index contributed by atoms with van der Waals surface area (Å²) in [5.41, 5.74) is 0.652. The Bertz CT molecular complexity index is 583. The molecule has 138 valence electrons. The third-order valence-electron chi connectivity index (χ3n) is 4.07. The molecule has 1 heterocycles. The number of carbonyl (C=O) groups is 2. The van der Waals surface area contributed by atoms with Crippen molar-refractivity contribution < 1.29 is 19.1 Å². The zero-order chi connectivity index (χ0) is 18.4. The van der Waals surface area contributed by atoms with E-state index in [1.165, 1.54) is 12.7 Å². The van der Waals surface area contributed by atoms with Gasteiger partial charge in [-0.3, -0.25) is 9.69 Å². The fourth-order valence-electron chi connectivity index (χ4n) is 2.92. The highest BCUT2D eigenvalue weighted by Gasteiger charge is 2.34. The molecule has 0 radical (unpaired) electrons. The fourth-order valence-corrected chi connectivity index (χ4v) is 2.92. The summed E-state index contributed by atoms with van der Waals surface area (Å²) < 4.78 is 10.3. The van der Waals surface area contributed by atoms with Crippen LogP contribution in [0.25, 0.3) is 0 Å². The summed E-state index contributed by atoms with van der Waals surface area (Å²) in [5.74, 6) is -0.319. The van der Waals surface area contributed by atoms with Crippen LogP contribution in [-0.4, -0.2) is 60.2 Å². The zero-order valence-corrected chi connectivity index (χ0v) is 15.5. The van der Waals surface area contributed by atoms with E-state index in [2.05, 4.69) is 17.0 Å². The Labute approximate surface area is 149 Å². The summed E-state index contributed by atoms with van der Waals surface area (Å²) in [7, 11) is 1.37. The van der Waals surface area contributed by atoms with Gasteiger partial charge in [0.15, 0.2) is 0 Å². The van der Waals surface area contributed by atoms with Crippen molar-refractivity contribution in [2.24, 2.45) is 0 Å². The predicted octanol–water partition coefficient (Wildman–Crippen LogP) is 2.67. The summed E-state index contributed by atoms with van der Waals surface area (Å²) in [6.45, 7) is 8.20. The van der Waals surface area contributed by atoms with E-state index in [0.29, 0.717) is 13.1 Å². The largest absolute Gasteiger partial charge is 0.469 e. The summed E-state index contributed by atoms with van der Waals surface area (Å²) >= 11 is 0. The van der Waals surface area contributed by atoms with E-state index in [1.54, 1.807) is 4.90 Å². The lowest BCUT2D eigenvalue weighted by molar-refractivity contribution is -0.142. The molecule has 1 aromatic carbocycles. The number of nitrogens with zero attached hydrogens (tertiary/aromatic N) is 2. The molecule has 0 aliphatic carbocycles. The van der Waals surface area contributed by atoms with E-state index in [0.717, 1.165) is 13.1 Å². The molecule has 0 spiro atoms.